The molecule has 1 unspecified atom stereocenters. The monoisotopic (exact) mass is 311 g/mol. The SMILES string of the molecule is CCOCC(=O)N1CCN(CC(=O)N2CCCCC2C)CC1. The molecule has 0 N–H and O–H groups in total. The molecule has 2 rings (SSSR count). The highest BCUT2D eigenvalue weighted by Crippen LogP contribution is 2.17. The predicted molar refractivity (Wildman–Crippen MR) is 84.5 cm³/mol. The lowest BCUT2D eigenvalue weighted by atomic mass is 10.0. The van der Waals surface area contributed by atoms with Crippen LogP contribution in [0.1, 0.15) is 33.1 Å². The molecule has 22 heavy (non-hydrogen) atoms. The Kier molecular flexibility index (Phi) is 6.64. The molecule has 6 heteroatoms. The van der Waals surface area contributed by atoms with Crippen molar-refractivity contribution >= 4 is 11.8 Å². The minimum Gasteiger partial charge on any atom is -0.372 e. The topological polar surface area (TPSA) is 53.1 Å². The Morgan fingerprint density at radius 2 is 1.77 bits per heavy atom. The van der Waals surface area contributed by atoms with Crippen LogP contribution in [-0.2, 0) is 14.3 Å². The van der Waals surface area contributed by atoms with Gasteiger partial charge < -0.3 is 14.5 Å². The summed E-state index contributed by atoms with van der Waals surface area (Å²) in [5.74, 6) is 0.291. The molecule has 2 heterocycles. The molecule has 2 saturated heterocycles. The molecule has 2 aliphatic rings. The van der Waals surface area contributed by atoms with Crippen LogP contribution in [0.25, 0.3) is 0 Å². The van der Waals surface area contributed by atoms with Crippen LogP contribution >= 0.6 is 0 Å². The lowest BCUT2D eigenvalue weighted by molar-refractivity contribution is -0.139. The van der Waals surface area contributed by atoms with Gasteiger partial charge in [0.25, 0.3) is 0 Å². The van der Waals surface area contributed by atoms with Gasteiger partial charge in [-0.3, -0.25) is 14.5 Å². The molecule has 2 fully saturated rings. The second-order valence-corrected chi connectivity index (χ2v) is 6.23. The molecule has 0 bridgehead atoms. The number of piperazine rings is 1. The third-order valence-electron chi connectivity index (χ3n) is 4.64. The highest BCUT2D eigenvalue weighted by atomic mass is 16.5. The largest absolute Gasteiger partial charge is 0.372 e. The van der Waals surface area contributed by atoms with Gasteiger partial charge in [-0.25, -0.2) is 0 Å². The summed E-state index contributed by atoms with van der Waals surface area (Å²) in [6, 6.07) is 0.371. The van der Waals surface area contributed by atoms with E-state index in [-0.39, 0.29) is 18.4 Å². The molecule has 0 aromatic heterocycles. The first-order chi connectivity index (χ1) is 10.6. The summed E-state index contributed by atoms with van der Waals surface area (Å²) < 4.78 is 5.17. The van der Waals surface area contributed by atoms with Gasteiger partial charge in [0.1, 0.15) is 6.61 Å². The van der Waals surface area contributed by atoms with Gasteiger partial charge in [-0.2, -0.15) is 0 Å². The summed E-state index contributed by atoms with van der Waals surface area (Å²) in [5.41, 5.74) is 0. The smallest absolute Gasteiger partial charge is 0.248 e. The number of amides is 2. The zero-order valence-electron chi connectivity index (χ0n) is 13.9. The molecule has 0 aromatic carbocycles. The maximum atomic E-state index is 12.4. The van der Waals surface area contributed by atoms with Crippen molar-refractivity contribution in [2.75, 3.05) is 52.5 Å². The minimum absolute atomic E-state index is 0.0532. The van der Waals surface area contributed by atoms with Gasteiger partial charge in [0.15, 0.2) is 0 Å². The number of carbonyl (C=O) groups is 2. The number of ether oxygens (including phenoxy) is 1. The molecule has 0 radical (unpaired) electrons. The minimum atomic E-state index is 0.0532. The average Bonchev–Trinajstić information content (AvgIpc) is 2.53. The number of hydrogen-bond donors (Lipinski definition) is 0. The number of rotatable bonds is 5. The van der Waals surface area contributed by atoms with E-state index in [1.807, 2.05) is 16.7 Å². The molecule has 0 aliphatic carbocycles. The van der Waals surface area contributed by atoms with Crippen molar-refractivity contribution < 1.29 is 14.3 Å². The Morgan fingerprint density at radius 1 is 1.05 bits per heavy atom. The van der Waals surface area contributed by atoms with Crippen LogP contribution in [0.3, 0.4) is 0 Å². The van der Waals surface area contributed by atoms with Crippen molar-refractivity contribution in [1.82, 2.24) is 14.7 Å². The Balaban J connectivity index is 1.72. The van der Waals surface area contributed by atoms with Gasteiger partial charge in [0.2, 0.25) is 11.8 Å². The summed E-state index contributed by atoms with van der Waals surface area (Å²) in [4.78, 5) is 30.3. The van der Waals surface area contributed by atoms with Crippen LogP contribution in [0.2, 0.25) is 0 Å². The quantitative estimate of drug-likeness (QED) is 0.745. The van der Waals surface area contributed by atoms with E-state index in [4.69, 9.17) is 4.74 Å². The van der Waals surface area contributed by atoms with E-state index in [0.717, 1.165) is 32.5 Å². The molecule has 0 saturated carbocycles. The van der Waals surface area contributed by atoms with Crippen LogP contribution in [-0.4, -0.2) is 85.0 Å². The van der Waals surface area contributed by atoms with E-state index in [1.54, 1.807) is 0 Å². The highest BCUT2D eigenvalue weighted by Gasteiger charge is 2.27. The standard InChI is InChI=1S/C16H29N3O3/c1-3-22-13-16(21)18-10-8-17(9-11-18)12-15(20)19-7-5-4-6-14(19)2/h14H,3-13H2,1-2H3. The number of hydrogen-bond acceptors (Lipinski definition) is 4. The predicted octanol–water partition coefficient (Wildman–Crippen LogP) is 0.568. The van der Waals surface area contributed by atoms with Crippen LogP contribution in [0.4, 0.5) is 0 Å². The van der Waals surface area contributed by atoms with Crippen molar-refractivity contribution in [2.24, 2.45) is 0 Å². The highest BCUT2D eigenvalue weighted by molar-refractivity contribution is 5.79. The lowest BCUT2D eigenvalue weighted by Gasteiger charge is -2.38. The number of nitrogens with zero attached hydrogens (tertiary/aromatic N) is 3. The maximum Gasteiger partial charge on any atom is 0.248 e. The third-order valence-corrected chi connectivity index (χ3v) is 4.64. The number of piperidine rings is 1. The van der Waals surface area contributed by atoms with Crippen LogP contribution in [0, 0.1) is 0 Å². The molecular formula is C16H29N3O3. The van der Waals surface area contributed by atoms with E-state index in [1.165, 1.54) is 6.42 Å². The van der Waals surface area contributed by atoms with Crippen LogP contribution in [0.5, 0.6) is 0 Å². The van der Waals surface area contributed by atoms with Crippen molar-refractivity contribution in [3.8, 4) is 0 Å². The fourth-order valence-corrected chi connectivity index (χ4v) is 3.19. The summed E-state index contributed by atoms with van der Waals surface area (Å²) in [6.07, 6.45) is 3.47. The Morgan fingerprint density at radius 3 is 2.41 bits per heavy atom. The van der Waals surface area contributed by atoms with Gasteiger partial charge in [-0.15, -0.1) is 0 Å². The second kappa shape index (κ2) is 8.48. The van der Waals surface area contributed by atoms with Crippen LogP contribution in [0.15, 0.2) is 0 Å². The maximum absolute atomic E-state index is 12.4. The summed E-state index contributed by atoms with van der Waals surface area (Å²) >= 11 is 0. The Hall–Kier alpha value is -1.14. The van der Waals surface area contributed by atoms with Gasteiger partial charge in [-0.05, 0) is 33.1 Å². The molecule has 2 amide bonds. The molecule has 6 nitrogen and oxygen atoms in total. The normalized spacial score (nSPS) is 23.6. The zero-order valence-corrected chi connectivity index (χ0v) is 13.9. The Bertz CT molecular complexity index is 381. The molecular weight excluding hydrogens is 282 g/mol. The van der Waals surface area contributed by atoms with E-state index in [0.29, 0.717) is 32.3 Å². The first-order valence-corrected chi connectivity index (χ1v) is 8.49. The Labute approximate surface area is 133 Å². The van der Waals surface area contributed by atoms with E-state index in [2.05, 4.69) is 11.8 Å². The first kappa shape index (κ1) is 17.2. The molecule has 2 aliphatic heterocycles. The van der Waals surface area contributed by atoms with E-state index in [9.17, 15) is 9.59 Å². The number of likely N-dealkylation sites (tertiary alicyclic amines) is 1. The first-order valence-electron chi connectivity index (χ1n) is 8.49. The van der Waals surface area contributed by atoms with Crippen molar-refractivity contribution in [3.05, 3.63) is 0 Å². The van der Waals surface area contributed by atoms with Gasteiger partial charge in [0, 0.05) is 45.4 Å². The van der Waals surface area contributed by atoms with Gasteiger partial charge in [-0.1, -0.05) is 0 Å². The summed E-state index contributed by atoms with van der Waals surface area (Å²) in [7, 11) is 0. The summed E-state index contributed by atoms with van der Waals surface area (Å²) in [5, 5.41) is 0. The van der Waals surface area contributed by atoms with Gasteiger partial charge in [0.05, 0.1) is 6.54 Å². The van der Waals surface area contributed by atoms with E-state index < -0.39 is 0 Å². The lowest BCUT2D eigenvalue weighted by Crippen LogP contribution is -2.53. The zero-order chi connectivity index (χ0) is 15.9. The van der Waals surface area contributed by atoms with Gasteiger partial charge >= 0.3 is 0 Å². The fraction of sp³-hybridized carbons (Fsp3) is 0.875. The molecule has 126 valence electrons. The van der Waals surface area contributed by atoms with Crippen molar-refractivity contribution in [1.29, 1.82) is 0 Å². The fourth-order valence-electron chi connectivity index (χ4n) is 3.19. The summed E-state index contributed by atoms with van der Waals surface area (Å²) in [6.45, 7) is 9.06. The average molecular weight is 311 g/mol. The molecule has 0 aromatic rings. The number of carbonyl (C=O) groups excluding carboxylic acids is 2. The van der Waals surface area contributed by atoms with Crippen molar-refractivity contribution in [2.45, 2.75) is 39.2 Å². The van der Waals surface area contributed by atoms with Crippen molar-refractivity contribution in [3.63, 3.8) is 0 Å². The third kappa shape index (κ3) is 4.68. The molecule has 1 atom stereocenters. The second-order valence-electron chi connectivity index (χ2n) is 6.23. The van der Waals surface area contributed by atoms with Crippen LogP contribution < -0.4 is 0 Å². The van der Waals surface area contributed by atoms with E-state index >= 15 is 0 Å². The molecule has 0 spiro atoms.